The molecule has 1 saturated heterocycles. The van der Waals surface area contributed by atoms with Crippen molar-refractivity contribution in [1.29, 1.82) is 0 Å². The second-order valence-electron chi connectivity index (χ2n) is 6.86. The highest BCUT2D eigenvalue weighted by atomic mass is 35.5. The topological polar surface area (TPSA) is 21.3 Å². The molecule has 1 aliphatic rings. The zero-order chi connectivity index (χ0) is 15.0. The van der Waals surface area contributed by atoms with Crippen LogP contribution in [0, 0.1) is 5.92 Å². The fourth-order valence-electron chi connectivity index (χ4n) is 3.51. The van der Waals surface area contributed by atoms with Crippen molar-refractivity contribution < 1.29 is 4.74 Å². The highest BCUT2D eigenvalue weighted by Crippen LogP contribution is 2.47. The maximum Gasteiger partial charge on any atom is 0.0681 e. The molecule has 2 nitrogen and oxygen atoms in total. The summed E-state index contributed by atoms with van der Waals surface area (Å²) < 4.78 is 6.26. The standard InChI is InChI=1S/C17H26ClNO/c1-6-19-15(12-7-9-13(18)10-8-12)14-11-16(2,3)20-17(14,4)5/h7-10,14-15,19H,6,11H2,1-5H3. The molecule has 0 saturated carbocycles. The summed E-state index contributed by atoms with van der Waals surface area (Å²) in [4.78, 5) is 0. The third-order valence-corrected chi connectivity index (χ3v) is 4.45. The first-order chi connectivity index (χ1) is 9.25. The number of rotatable bonds is 4. The molecule has 1 fully saturated rings. The van der Waals surface area contributed by atoms with Gasteiger partial charge in [-0.2, -0.15) is 0 Å². The normalized spacial score (nSPS) is 25.6. The van der Waals surface area contributed by atoms with Crippen LogP contribution in [0.2, 0.25) is 5.02 Å². The van der Waals surface area contributed by atoms with E-state index in [0.717, 1.165) is 18.0 Å². The summed E-state index contributed by atoms with van der Waals surface area (Å²) in [6.45, 7) is 11.9. The molecular weight excluding hydrogens is 270 g/mol. The third kappa shape index (κ3) is 3.36. The Morgan fingerprint density at radius 1 is 1.25 bits per heavy atom. The van der Waals surface area contributed by atoms with Gasteiger partial charge in [0, 0.05) is 17.0 Å². The Kier molecular flexibility index (Phi) is 4.48. The summed E-state index contributed by atoms with van der Waals surface area (Å²) in [5.41, 5.74) is 1.10. The maximum atomic E-state index is 6.26. The van der Waals surface area contributed by atoms with E-state index in [1.54, 1.807) is 0 Å². The minimum Gasteiger partial charge on any atom is -0.369 e. The number of hydrogen-bond acceptors (Lipinski definition) is 2. The van der Waals surface area contributed by atoms with Crippen molar-refractivity contribution in [2.24, 2.45) is 5.92 Å². The summed E-state index contributed by atoms with van der Waals surface area (Å²) in [7, 11) is 0. The summed E-state index contributed by atoms with van der Waals surface area (Å²) in [5.74, 6) is 0.443. The van der Waals surface area contributed by atoms with E-state index in [4.69, 9.17) is 16.3 Å². The van der Waals surface area contributed by atoms with Crippen molar-refractivity contribution in [3.63, 3.8) is 0 Å². The zero-order valence-corrected chi connectivity index (χ0v) is 13.9. The van der Waals surface area contributed by atoms with Crippen LogP contribution in [0.4, 0.5) is 0 Å². The van der Waals surface area contributed by atoms with Crippen LogP contribution in [0.1, 0.15) is 52.6 Å². The molecule has 2 unspecified atom stereocenters. The van der Waals surface area contributed by atoms with Gasteiger partial charge in [-0.25, -0.2) is 0 Å². The van der Waals surface area contributed by atoms with Gasteiger partial charge in [-0.05, 0) is 58.4 Å². The Bertz CT molecular complexity index is 453. The first-order valence-corrected chi connectivity index (χ1v) is 7.82. The van der Waals surface area contributed by atoms with Crippen LogP contribution >= 0.6 is 11.6 Å². The van der Waals surface area contributed by atoms with E-state index in [2.05, 4.69) is 52.1 Å². The zero-order valence-electron chi connectivity index (χ0n) is 13.2. The number of hydrogen-bond donors (Lipinski definition) is 1. The average molecular weight is 296 g/mol. The quantitative estimate of drug-likeness (QED) is 0.877. The van der Waals surface area contributed by atoms with Crippen molar-refractivity contribution in [2.45, 2.75) is 58.3 Å². The number of nitrogens with one attached hydrogen (secondary N) is 1. The van der Waals surface area contributed by atoms with Gasteiger partial charge in [0.25, 0.3) is 0 Å². The summed E-state index contributed by atoms with van der Waals surface area (Å²) in [5, 5.41) is 4.41. The summed E-state index contributed by atoms with van der Waals surface area (Å²) in [6.07, 6.45) is 1.06. The Morgan fingerprint density at radius 3 is 2.30 bits per heavy atom. The molecule has 1 aliphatic heterocycles. The molecule has 1 aromatic rings. The lowest BCUT2D eigenvalue weighted by Crippen LogP contribution is -2.38. The fraction of sp³-hybridized carbons (Fsp3) is 0.647. The van der Waals surface area contributed by atoms with E-state index in [0.29, 0.717) is 12.0 Å². The highest BCUT2D eigenvalue weighted by Gasteiger charge is 2.49. The fourth-order valence-corrected chi connectivity index (χ4v) is 3.63. The SMILES string of the molecule is CCNC(c1ccc(Cl)cc1)C1CC(C)(C)OC1(C)C. The number of ether oxygens (including phenoxy) is 1. The van der Waals surface area contributed by atoms with E-state index in [-0.39, 0.29) is 11.2 Å². The smallest absolute Gasteiger partial charge is 0.0681 e. The van der Waals surface area contributed by atoms with E-state index >= 15 is 0 Å². The Morgan fingerprint density at radius 2 is 1.85 bits per heavy atom. The van der Waals surface area contributed by atoms with E-state index in [1.165, 1.54) is 5.56 Å². The predicted octanol–water partition coefficient (Wildman–Crippen LogP) is 4.58. The molecular formula is C17H26ClNO. The minimum absolute atomic E-state index is 0.0612. The summed E-state index contributed by atoms with van der Waals surface area (Å²) >= 11 is 6.01. The number of halogens is 1. The van der Waals surface area contributed by atoms with Gasteiger partial charge in [-0.1, -0.05) is 30.7 Å². The van der Waals surface area contributed by atoms with Crippen molar-refractivity contribution in [2.75, 3.05) is 6.54 Å². The van der Waals surface area contributed by atoms with Crippen molar-refractivity contribution in [3.05, 3.63) is 34.9 Å². The second-order valence-corrected chi connectivity index (χ2v) is 7.30. The van der Waals surface area contributed by atoms with Crippen LogP contribution in [0.15, 0.2) is 24.3 Å². The van der Waals surface area contributed by atoms with Crippen LogP contribution in [0.5, 0.6) is 0 Å². The predicted molar refractivity (Wildman–Crippen MR) is 85.2 cm³/mol. The van der Waals surface area contributed by atoms with E-state index < -0.39 is 0 Å². The highest BCUT2D eigenvalue weighted by molar-refractivity contribution is 6.30. The van der Waals surface area contributed by atoms with Gasteiger partial charge in [0.05, 0.1) is 11.2 Å². The van der Waals surface area contributed by atoms with Gasteiger partial charge in [0.1, 0.15) is 0 Å². The van der Waals surface area contributed by atoms with Crippen LogP contribution in [-0.2, 0) is 4.74 Å². The molecule has 20 heavy (non-hydrogen) atoms. The maximum absolute atomic E-state index is 6.26. The molecule has 1 aromatic carbocycles. The molecule has 2 atom stereocenters. The average Bonchev–Trinajstić information content (AvgIpc) is 2.55. The lowest BCUT2D eigenvalue weighted by molar-refractivity contribution is -0.0778. The van der Waals surface area contributed by atoms with Gasteiger partial charge in [-0.3, -0.25) is 0 Å². The third-order valence-electron chi connectivity index (χ3n) is 4.20. The molecule has 0 bridgehead atoms. The van der Waals surface area contributed by atoms with E-state index in [1.807, 2.05) is 12.1 Å². The molecule has 112 valence electrons. The molecule has 1 N–H and O–H groups in total. The Labute approximate surface area is 127 Å². The van der Waals surface area contributed by atoms with Crippen molar-refractivity contribution >= 4 is 11.6 Å². The summed E-state index contributed by atoms with van der Waals surface area (Å²) in [6, 6.07) is 8.48. The lowest BCUT2D eigenvalue weighted by Gasteiger charge is -2.33. The Hall–Kier alpha value is -0.570. The minimum atomic E-state index is -0.129. The first-order valence-electron chi connectivity index (χ1n) is 7.44. The molecule has 0 amide bonds. The molecule has 0 spiro atoms. The van der Waals surface area contributed by atoms with Gasteiger partial charge >= 0.3 is 0 Å². The van der Waals surface area contributed by atoms with Crippen LogP contribution in [-0.4, -0.2) is 17.7 Å². The molecule has 0 aromatic heterocycles. The molecule has 3 heteroatoms. The van der Waals surface area contributed by atoms with Crippen molar-refractivity contribution in [1.82, 2.24) is 5.32 Å². The second kappa shape index (κ2) is 5.67. The van der Waals surface area contributed by atoms with Crippen molar-refractivity contribution in [3.8, 4) is 0 Å². The molecule has 0 aliphatic carbocycles. The van der Waals surface area contributed by atoms with Crippen LogP contribution < -0.4 is 5.32 Å². The molecule has 1 heterocycles. The van der Waals surface area contributed by atoms with Crippen LogP contribution in [0.25, 0.3) is 0 Å². The monoisotopic (exact) mass is 295 g/mol. The van der Waals surface area contributed by atoms with Gasteiger partial charge in [-0.15, -0.1) is 0 Å². The molecule has 2 rings (SSSR count). The van der Waals surface area contributed by atoms with Crippen LogP contribution in [0.3, 0.4) is 0 Å². The first kappa shape index (κ1) is 15.8. The van der Waals surface area contributed by atoms with E-state index in [9.17, 15) is 0 Å². The number of benzene rings is 1. The van der Waals surface area contributed by atoms with Gasteiger partial charge < -0.3 is 10.1 Å². The van der Waals surface area contributed by atoms with Gasteiger partial charge in [0.2, 0.25) is 0 Å². The lowest BCUT2D eigenvalue weighted by atomic mass is 9.79. The van der Waals surface area contributed by atoms with Gasteiger partial charge in [0.15, 0.2) is 0 Å². The largest absolute Gasteiger partial charge is 0.369 e. The molecule has 0 radical (unpaired) electrons. The Balaban J connectivity index is 2.31.